The zero-order chi connectivity index (χ0) is 15.4. The summed E-state index contributed by atoms with van der Waals surface area (Å²) < 4.78 is 0. The Morgan fingerprint density at radius 3 is 2.57 bits per heavy atom. The number of aryl methyl sites for hydroxylation is 1. The number of thiazole rings is 1. The highest BCUT2D eigenvalue weighted by molar-refractivity contribution is 7.15. The summed E-state index contributed by atoms with van der Waals surface area (Å²) in [7, 11) is 4.07. The highest BCUT2D eigenvalue weighted by atomic mass is 35.5. The van der Waals surface area contributed by atoms with Gasteiger partial charge in [0.2, 0.25) is 0 Å². The van der Waals surface area contributed by atoms with Crippen LogP contribution in [0.4, 0.5) is 5.13 Å². The molecule has 0 amide bonds. The average molecular weight is 324 g/mol. The van der Waals surface area contributed by atoms with Gasteiger partial charge in [-0.3, -0.25) is 0 Å². The van der Waals surface area contributed by atoms with E-state index in [0.717, 1.165) is 23.1 Å². The van der Waals surface area contributed by atoms with E-state index in [1.54, 1.807) is 11.3 Å². The standard InChI is InChI=1S/C16H22ClN3S/c1-5-14-15(10-18-3)21-16(19-14)20(4)11(2)12-6-8-13(17)9-7-12/h6-9,11,18H,5,10H2,1-4H3. The molecule has 0 saturated carbocycles. The lowest BCUT2D eigenvalue weighted by Crippen LogP contribution is -2.21. The third kappa shape index (κ3) is 3.76. The van der Waals surface area contributed by atoms with E-state index >= 15 is 0 Å². The molecule has 0 radical (unpaired) electrons. The number of aromatic nitrogens is 1. The number of hydrogen-bond donors (Lipinski definition) is 1. The molecule has 0 fully saturated rings. The summed E-state index contributed by atoms with van der Waals surface area (Å²) in [5.74, 6) is 0. The maximum absolute atomic E-state index is 5.96. The molecule has 1 aromatic heterocycles. The van der Waals surface area contributed by atoms with Gasteiger partial charge in [-0.15, -0.1) is 11.3 Å². The fourth-order valence-electron chi connectivity index (χ4n) is 2.23. The predicted molar refractivity (Wildman–Crippen MR) is 92.5 cm³/mol. The van der Waals surface area contributed by atoms with E-state index in [2.05, 4.69) is 43.2 Å². The molecule has 1 unspecified atom stereocenters. The quantitative estimate of drug-likeness (QED) is 0.860. The Kier molecular flexibility index (Phi) is 5.62. The van der Waals surface area contributed by atoms with E-state index in [4.69, 9.17) is 16.6 Å². The van der Waals surface area contributed by atoms with E-state index in [1.165, 1.54) is 16.1 Å². The second kappa shape index (κ2) is 7.25. The molecule has 5 heteroatoms. The smallest absolute Gasteiger partial charge is 0.186 e. The Balaban J connectivity index is 2.22. The number of benzene rings is 1. The molecule has 1 atom stereocenters. The monoisotopic (exact) mass is 323 g/mol. The summed E-state index contributed by atoms with van der Waals surface area (Å²) in [4.78, 5) is 8.34. The fourth-order valence-corrected chi connectivity index (χ4v) is 3.55. The maximum atomic E-state index is 5.96. The van der Waals surface area contributed by atoms with Crippen LogP contribution in [-0.2, 0) is 13.0 Å². The summed E-state index contributed by atoms with van der Waals surface area (Å²) in [6.45, 7) is 5.22. The van der Waals surface area contributed by atoms with Crippen LogP contribution in [0.3, 0.4) is 0 Å². The lowest BCUT2D eigenvalue weighted by atomic mass is 10.1. The van der Waals surface area contributed by atoms with Crippen LogP contribution in [-0.4, -0.2) is 19.1 Å². The van der Waals surface area contributed by atoms with Gasteiger partial charge in [0.1, 0.15) is 0 Å². The van der Waals surface area contributed by atoms with E-state index in [0.29, 0.717) is 0 Å². The third-order valence-corrected chi connectivity index (χ3v) is 5.11. The molecule has 21 heavy (non-hydrogen) atoms. The molecule has 1 N–H and O–H groups in total. The summed E-state index contributed by atoms with van der Waals surface area (Å²) in [5, 5.41) is 5.06. The molecular formula is C16H22ClN3S. The van der Waals surface area contributed by atoms with Crippen molar-refractivity contribution in [3.05, 3.63) is 45.4 Å². The molecular weight excluding hydrogens is 302 g/mol. The maximum Gasteiger partial charge on any atom is 0.186 e. The van der Waals surface area contributed by atoms with Gasteiger partial charge in [-0.1, -0.05) is 30.7 Å². The van der Waals surface area contributed by atoms with Gasteiger partial charge in [0.05, 0.1) is 11.7 Å². The van der Waals surface area contributed by atoms with Gasteiger partial charge in [-0.05, 0) is 38.1 Å². The number of halogens is 1. The number of nitrogens with one attached hydrogen (secondary N) is 1. The van der Waals surface area contributed by atoms with Crippen LogP contribution in [0.15, 0.2) is 24.3 Å². The van der Waals surface area contributed by atoms with Crippen molar-refractivity contribution >= 4 is 28.1 Å². The van der Waals surface area contributed by atoms with Crippen molar-refractivity contribution in [1.82, 2.24) is 10.3 Å². The SMILES string of the molecule is CCc1nc(N(C)C(C)c2ccc(Cl)cc2)sc1CNC. The van der Waals surface area contributed by atoms with Gasteiger partial charge in [0.25, 0.3) is 0 Å². The van der Waals surface area contributed by atoms with Crippen LogP contribution in [0, 0.1) is 0 Å². The molecule has 0 aliphatic heterocycles. The molecule has 0 saturated heterocycles. The van der Waals surface area contributed by atoms with Crippen molar-refractivity contribution in [2.24, 2.45) is 0 Å². The molecule has 2 aromatic rings. The first-order valence-electron chi connectivity index (χ1n) is 7.18. The van der Waals surface area contributed by atoms with Crippen LogP contribution in [0.25, 0.3) is 0 Å². The fraction of sp³-hybridized carbons (Fsp3) is 0.438. The first kappa shape index (κ1) is 16.3. The molecule has 0 aliphatic rings. The van der Waals surface area contributed by atoms with E-state index in [9.17, 15) is 0 Å². The van der Waals surface area contributed by atoms with E-state index in [1.807, 2.05) is 19.2 Å². The Morgan fingerprint density at radius 2 is 2.00 bits per heavy atom. The normalized spacial score (nSPS) is 12.4. The minimum Gasteiger partial charge on any atom is -0.344 e. The minimum absolute atomic E-state index is 0.264. The Morgan fingerprint density at radius 1 is 1.33 bits per heavy atom. The van der Waals surface area contributed by atoms with Gasteiger partial charge in [-0.2, -0.15) is 0 Å². The number of rotatable bonds is 6. The number of anilines is 1. The van der Waals surface area contributed by atoms with Gasteiger partial charge in [0.15, 0.2) is 5.13 Å². The summed E-state index contributed by atoms with van der Waals surface area (Å²) >= 11 is 7.73. The van der Waals surface area contributed by atoms with E-state index in [-0.39, 0.29) is 6.04 Å². The molecule has 0 bridgehead atoms. The molecule has 1 aromatic carbocycles. The molecule has 114 valence electrons. The Labute approximate surface area is 136 Å². The Bertz CT molecular complexity index is 580. The molecule has 0 spiro atoms. The first-order valence-corrected chi connectivity index (χ1v) is 8.37. The largest absolute Gasteiger partial charge is 0.344 e. The average Bonchev–Trinajstić information content (AvgIpc) is 2.90. The highest BCUT2D eigenvalue weighted by Gasteiger charge is 2.17. The van der Waals surface area contributed by atoms with Gasteiger partial charge in [0, 0.05) is 23.5 Å². The highest BCUT2D eigenvalue weighted by Crippen LogP contribution is 2.31. The first-order chi connectivity index (χ1) is 10.1. The summed E-state index contributed by atoms with van der Waals surface area (Å²) in [6.07, 6.45) is 0.969. The minimum atomic E-state index is 0.264. The third-order valence-electron chi connectivity index (χ3n) is 3.67. The van der Waals surface area contributed by atoms with Crippen molar-refractivity contribution in [3.63, 3.8) is 0 Å². The number of nitrogens with zero attached hydrogens (tertiary/aromatic N) is 2. The predicted octanol–water partition coefficient (Wildman–Crippen LogP) is 4.28. The van der Waals surface area contributed by atoms with Crippen molar-refractivity contribution in [1.29, 1.82) is 0 Å². The second-order valence-electron chi connectivity index (χ2n) is 5.09. The van der Waals surface area contributed by atoms with Crippen LogP contribution in [0.2, 0.25) is 5.02 Å². The zero-order valence-corrected chi connectivity index (χ0v) is 14.6. The zero-order valence-electron chi connectivity index (χ0n) is 13.0. The topological polar surface area (TPSA) is 28.2 Å². The van der Waals surface area contributed by atoms with Crippen molar-refractivity contribution in [3.8, 4) is 0 Å². The lowest BCUT2D eigenvalue weighted by molar-refractivity contribution is 0.734. The van der Waals surface area contributed by atoms with Crippen molar-refractivity contribution in [2.75, 3.05) is 19.0 Å². The summed E-state index contributed by atoms with van der Waals surface area (Å²) in [5.41, 5.74) is 2.44. The number of hydrogen-bond acceptors (Lipinski definition) is 4. The van der Waals surface area contributed by atoms with Crippen molar-refractivity contribution in [2.45, 2.75) is 32.9 Å². The van der Waals surface area contributed by atoms with Crippen LogP contribution in [0.1, 0.15) is 36.0 Å². The van der Waals surface area contributed by atoms with Crippen molar-refractivity contribution < 1.29 is 0 Å². The van der Waals surface area contributed by atoms with Gasteiger partial charge in [-0.25, -0.2) is 4.98 Å². The van der Waals surface area contributed by atoms with E-state index < -0.39 is 0 Å². The molecule has 2 rings (SSSR count). The second-order valence-corrected chi connectivity index (χ2v) is 6.59. The van der Waals surface area contributed by atoms with Crippen LogP contribution >= 0.6 is 22.9 Å². The summed E-state index contributed by atoms with van der Waals surface area (Å²) in [6, 6.07) is 8.29. The Hall–Kier alpha value is -1.10. The van der Waals surface area contributed by atoms with Crippen LogP contribution < -0.4 is 10.2 Å². The van der Waals surface area contributed by atoms with Gasteiger partial charge >= 0.3 is 0 Å². The van der Waals surface area contributed by atoms with Crippen LogP contribution in [0.5, 0.6) is 0 Å². The molecule has 1 heterocycles. The molecule has 0 aliphatic carbocycles. The molecule has 3 nitrogen and oxygen atoms in total. The van der Waals surface area contributed by atoms with Gasteiger partial charge < -0.3 is 10.2 Å². The lowest BCUT2D eigenvalue weighted by Gasteiger charge is -2.24.